The van der Waals surface area contributed by atoms with Gasteiger partial charge in [0.15, 0.2) is 21.2 Å². The highest BCUT2D eigenvalue weighted by Crippen LogP contribution is 2.32. The number of benzene rings is 4. The predicted molar refractivity (Wildman–Crippen MR) is 316 cm³/mol. The lowest BCUT2D eigenvalue weighted by Gasteiger charge is -2.37. The van der Waals surface area contributed by atoms with Gasteiger partial charge in [0.25, 0.3) is 0 Å². The van der Waals surface area contributed by atoms with Crippen LogP contribution >= 0.6 is 61.1 Å². The van der Waals surface area contributed by atoms with Crippen molar-refractivity contribution in [3.63, 3.8) is 0 Å². The molecular formula is C54H70BrF2N10O2PS3. The van der Waals surface area contributed by atoms with Gasteiger partial charge >= 0.3 is 0 Å². The third-order valence-electron chi connectivity index (χ3n) is 13.6. The number of anilines is 6. The fourth-order valence-electron chi connectivity index (χ4n) is 9.57. The Labute approximate surface area is 455 Å². The number of alkyl halides is 1. The Morgan fingerprint density at radius 3 is 1.77 bits per heavy atom. The molecular weight excluding hydrogens is 1070 g/mol. The van der Waals surface area contributed by atoms with Crippen molar-refractivity contribution in [3.8, 4) is 0 Å². The molecule has 6 N–H and O–H groups in total. The van der Waals surface area contributed by atoms with Crippen LogP contribution in [0, 0.1) is 25.5 Å². The molecule has 73 heavy (non-hydrogen) atoms. The van der Waals surface area contributed by atoms with Crippen molar-refractivity contribution in [2.75, 3.05) is 89.6 Å². The van der Waals surface area contributed by atoms with Crippen LogP contribution in [0.5, 0.6) is 0 Å². The van der Waals surface area contributed by atoms with Crippen LogP contribution in [-0.4, -0.2) is 112 Å². The monoisotopic (exact) mass is 1130 g/mol. The Morgan fingerprint density at radius 2 is 1.27 bits per heavy atom. The second kappa shape index (κ2) is 28.4. The lowest BCUT2D eigenvalue weighted by Crippen LogP contribution is -2.43. The standard InChI is InChI=1S/C26H30FN5OS.C19H29N5S2.C9H8BrFO.H3P/c1-17-4-5-18(16-22(17)27)23(33)24-25(28)30-26(34-24)29-19-6-8-20(9-7-19)32-14-10-21(11-15-32)31-12-2-3-13-31;1-2-26-18(20)22-19(25)21-15-5-7-16(8-6-15)24-13-9-17(10-14-24)23-11-3-4-12-23;1-6-4-7(9(12)5-10)2-3-8(6)11;/h4-9,16,21H,2-3,10-15,28H2,1H3,(H,29,30);5-8,17H,2-4,9-14H2,1H3,(H3,20,21,22,25);2-4H,5H2,1H3;1H3. The first-order valence-corrected chi connectivity index (χ1v) is 28.3. The number of aromatic nitrogens is 1. The third-order valence-corrected chi connectivity index (χ3v) is 16.0. The molecule has 9 rings (SSSR count). The molecule has 0 amide bonds. The summed E-state index contributed by atoms with van der Waals surface area (Å²) < 4.78 is 26.6. The smallest absolute Gasteiger partial charge is 0.206 e. The number of hydrogen-bond donors (Lipinski definition) is 4. The van der Waals surface area contributed by atoms with E-state index in [9.17, 15) is 18.4 Å². The third kappa shape index (κ3) is 16.5. The Kier molecular flexibility index (Phi) is 22.4. The van der Waals surface area contributed by atoms with Crippen LogP contribution in [-0.2, 0) is 0 Å². The zero-order valence-electron chi connectivity index (χ0n) is 42.2. The molecule has 0 aliphatic carbocycles. The van der Waals surface area contributed by atoms with E-state index >= 15 is 0 Å². The zero-order chi connectivity index (χ0) is 51.1. The summed E-state index contributed by atoms with van der Waals surface area (Å²) in [4.78, 5) is 43.0. The van der Waals surface area contributed by atoms with Crippen molar-refractivity contribution >= 4 is 117 Å². The minimum atomic E-state index is -0.410. The van der Waals surface area contributed by atoms with Crippen molar-refractivity contribution in [2.45, 2.75) is 84.2 Å². The van der Waals surface area contributed by atoms with E-state index in [0.717, 1.165) is 55.4 Å². The van der Waals surface area contributed by atoms with Crippen molar-refractivity contribution in [3.05, 3.63) is 124 Å². The Morgan fingerprint density at radius 1 is 0.753 bits per heavy atom. The number of nitrogens with two attached hydrogens (primary N) is 2. The fraction of sp³-hybridized carbons (Fsp3) is 0.426. The molecule has 4 aromatic carbocycles. The number of aliphatic imine (C=N–C) groups is 1. The number of nitrogens with zero attached hydrogens (tertiary/aromatic N) is 6. The lowest BCUT2D eigenvalue weighted by molar-refractivity contribution is 0.102. The average molecular weight is 1140 g/mol. The van der Waals surface area contributed by atoms with Gasteiger partial charge in [0.05, 0.1) is 5.33 Å². The van der Waals surface area contributed by atoms with Crippen molar-refractivity contribution < 1.29 is 18.4 Å². The van der Waals surface area contributed by atoms with Crippen LogP contribution in [0.15, 0.2) is 89.9 Å². The topological polar surface area (TPSA) is 148 Å². The molecule has 5 aromatic rings. The Bertz CT molecular complexity index is 2630. The van der Waals surface area contributed by atoms with Gasteiger partial charge < -0.3 is 41.7 Å². The molecule has 0 saturated carbocycles. The van der Waals surface area contributed by atoms with E-state index in [1.807, 2.05) is 19.1 Å². The molecule has 0 radical (unpaired) electrons. The first-order valence-electron chi connectivity index (χ1n) is 24.9. The molecule has 0 spiro atoms. The number of amidine groups is 1. The first-order chi connectivity index (χ1) is 34.8. The molecule has 4 aliphatic rings. The Balaban J connectivity index is 0.000000197. The van der Waals surface area contributed by atoms with E-state index in [1.54, 1.807) is 32.0 Å². The number of thiocarbonyl (C=S) groups is 1. The molecule has 4 aliphatic heterocycles. The molecule has 1 atom stereocenters. The van der Waals surface area contributed by atoms with Gasteiger partial charge in [0.2, 0.25) is 5.78 Å². The van der Waals surface area contributed by atoms with Crippen LogP contribution in [0.3, 0.4) is 0 Å². The quantitative estimate of drug-likeness (QED) is 0.0235. The van der Waals surface area contributed by atoms with Gasteiger partial charge in [-0.3, -0.25) is 9.59 Å². The van der Waals surface area contributed by atoms with Gasteiger partial charge in [0, 0.05) is 72.1 Å². The lowest BCUT2D eigenvalue weighted by atomic mass is 10.0. The van der Waals surface area contributed by atoms with E-state index in [0.29, 0.717) is 37.0 Å². The second-order valence-electron chi connectivity index (χ2n) is 18.5. The summed E-state index contributed by atoms with van der Waals surface area (Å²) >= 11 is 11.0. The molecule has 392 valence electrons. The molecule has 4 fully saturated rings. The van der Waals surface area contributed by atoms with Gasteiger partial charge in [-0.05, 0) is 193 Å². The van der Waals surface area contributed by atoms with Crippen LogP contribution < -0.4 is 31.9 Å². The van der Waals surface area contributed by atoms with Gasteiger partial charge in [0.1, 0.15) is 22.3 Å². The molecule has 19 heteroatoms. The number of aryl methyl sites for hydroxylation is 2. The van der Waals surface area contributed by atoms with E-state index in [-0.39, 0.29) is 44.0 Å². The van der Waals surface area contributed by atoms with E-state index < -0.39 is 5.82 Å². The molecule has 1 unspecified atom stereocenters. The number of Topliss-reactive ketones (excluding diaryl/α,β-unsaturated/α-hetero) is 1. The van der Waals surface area contributed by atoms with E-state index in [1.165, 1.54) is 130 Å². The number of ketones is 2. The largest absolute Gasteiger partial charge is 0.382 e. The van der Waals surface area contributed by atoms with Crippen LogP contribution in [0.25, 0.3) is 0 Å². The van der Waals surface area contributed by atoms with Crippen molar-refractivity contribution in [2.24, 2.45) is 10.7 Å². The number of nitrogens with one attached hydrogen (secondary N) is 2. The fourth-order valence-corrected chi connectivity index (χ4v) is 11.5. The highest BCUT2D eigenvalue weighted by atomic mass is 79.9. The predicted octanol–water partition coefficient (Wildman–Crippen LogP) is 11.5. The number of halogens is 3. The van der Waals surface area contributed by atoms with Gasteiger partial charge in [-0.25, -0.2) is 13.8 Å². The molecule has 5 heterocycles. The van der Waals surface area contributed by atoms with Gasteiger partial charge in [-0.2, -0.15) is 14.9 Å². The van der Waals surface area contributed by atoms with Gasteiger partial charge in [-0.15, -0.1) is 0 Å². The summed E-state index contributed by atoms with van der Waals surface area (Å²) in [5, 5.41) is 8.09. The molecule has 4 saturated heterocycles. The normalized spacial score (nSPS) is 16.7. The van der Waals surface area contributed by atoms with Crippen molar-refractivity contribution in [1.82, 2.24) is 14.8 Å². The number of carbonyl (C=O) groups is 2. The zero-order valence-corrected chi connectivity index (χ0v) is 47.6. The summed E-state index contributed by atoms with van der Waals surface area (Å²) in [6, 6.07) is 27.1. The van der Waals surface area contributed by atoms with Gasteiger partial charge in [-0.1, -0.05) is 58.1 Å². The Hall–Kier alpha value is -4.55. The van der Waals surface area contributed by atoms with E-state index in [4.69, 9.17) is 23.7 Å². The number of thiazole rings is 1. The van der Waals surface area contributed by atoms with Crippen LogP contribution in [0.1, 0.15) is 95.0 Å². The second-order valence-corrected chi connectivity index (χ2v) is 21.7. The minimum Gasteiger partial charge on any atom is -0.382 e. The van der Waals surface area contributed by atoms with Crippen LogP contribution in [0.2, 0.25) is 0 Å². The van der Waals surface area contributed by atoms with Crippen molar-refractivity contribution in [1.29, 1.82) is 0 Å². The van der Waals surface area contributed by atoms with Crippen LogP contribution in [0.4, 0.5) is 42.5 Å². The number of piperidine rings is 2. The maximum atomic E-state index is 13.9. The minimum absolute atomic E-state index is 0. The first kappa shape index (κ1) is 57.7. The highest BCUT2D eigenvalue weighted by Gasteiger charge is 2.28. The number of hydrogen-bond acceptors (Lipinski definition) is 12. The summed E-state index contributed by atoms with van der Waals surface area (Å²) in [6.45, 7) is 14.9. The van der Waals surface area contributed by atoms with E-state index in [2.05, 4.69) is 92.5 Å². The number of likely N-dealkylation sites (tertiary alicyclic amines) is 2. The molecule has 0 bridgehead atoms. The highest BCUT2D eigenvalue weighted by molar-refractivity contribution is 9.09. The number of thioether (sulfide) groups is 1. The number of rotatable bonds is 12. The summed E-state index contributed by atoms with van der Waals surface area (Å²) in [6.07, 6.45) is 10.4. The summed E-state index contributed by atoms with van der Waals surface area (Å²) in [7, 11) is 0. The summed E-state index contributed by atoms with van der Waals surface area (Å²) in [5.41, 5.74) is 18.0. The molecule has 1 aromatic heterocycles. The average Bonchev–Trinajstić information content (AvgIpc) is 4.21. The number of nitrogen functional groups attached to an aromatic ring is 1. The number of carbonyl (C=O) groups excluding carboxylic acids is 2. The SMILES string of the molecule is CCSC(N)=NC(=S)Nc1ccc(N2CCC(N3CCCC3)CC2)cc1.Cc1cc(C(=O)CBr)ccc1F.Cc1ccc(C(=O)c2sc(Nc3ccc(N4CCC(N5CCCC5)CC4)cc3)nc2N)cc1F.P. The maximum Gasteiger partial charge on any atom is 0.206 e. The molecule has 12 nitrogen and oxygen atoms in total. The maximum absolute atomic E-state index is 13.9. The summed E-state index contributed by atoms with van der Waals surface area (Å²) in [5.74, 6) is -0.00125.